The molecule has 0 radical (unpaired) electrons. The van der Waals surface area contributed by atoms with E-state index < -0.39 is 16.1 Å². The maximum absolute atomic E-state index is 12.0. The predicted molar refractivity (Wildman–Crippen MR) is 73.2 cm³/mol. The molecule has 1 unspecified atom stereocenters. The lowest BCUT2D eigenvalue weighted by Gasteiger charge is -2.15. The maximum atomic E-state index is 12.0. The van der Waals surface area contributed by atoms with Crippen LogP contribution in [0, 0.1) is 0 Å². The number of halogens is 3. The number of hydrogen-bond acceptors (Lipinski definition) is 3. The van der Waals surface area contributed by atoms with Crippen LogP contribution in [0.4, 0.5) is 0 Å². The van der Waals surface area contributed by atoms with E-state index in [0.717, 1.165) is 0 Å². The number of methoxy groups -OCH3 is 1. The van der Waals surface area contributed by atoms with Gasteiger partial charge in [0.1, 0.15) is 0 Å². The molecule has 18 heavy (non-hydrogen) atoms. The summed E-state index contributed by atoms with van der Waals surface area (Å²) in [6.07, 6.45) is 0. The van der Waals surface area contributed by atoms with Gasteiger partial charge in [0.2, 0.25) is 10.0 Å². The first-order valence-corrected chi connectivity index (χ1v) is 7.69. The van der Waals surface area contributed by atoms with Gasteiger partial charge >= 0.3 is 0 Å². The largest absolute Gasteiger partial charge is 0.383 e. The summed E-state index contributed by atoms with van der Waals surface area (Å²) in [6, 6.07) is 3.57. The molecule has 0 saturated heterocycles. The molecule has 1 rings (SSSR count). The summed E-state index contributed by atoms with van der Waals surface area (Å²) in [7, 11) is -2.26. The zero-order valence-corrected chi connectivity index (χ0v) is 12.6. The van der Waals surface area contributed by atoms with Crippen molar-refractivity contribution in [3.05, 3.63) is 28.2 Å². The van der Waals surface area contributed by atoms with Crippen LogP contribution >= 0.6 is 34.8 Å². The summed E-state index contributed by atoms with van der Waals surface area (Å²) in [6.45, 7) is 0.178. The number of hydrogen-bond donors (Lipinski definition) is 1. The maximum Gasteiger partial charge on any atom is 0.241 e. The Bertz CT molecular complexity index is 487. The first kappa shape index (κ1) is 16.0. The van der Waals surface area contributed by atoms with Crippen LogP contribution in [0.3, 0.4) is 0 Å². The predicted octanol–water partition coefficient (Wildman–Crippen LogP) is 2.53. The second-order valence-electron chi connectivity index (χ2n) is 3.53. The molecule has 0 amide bonds. The van der Waals surface area contributed by atoms with Gasteiger partial charge in [0.05, 0.1) is 17.5 Å². The average molecular weight is 333 g/mol. The van der Waals surface area contributed by atoms with E-state index in [4.69, 9.17) is 39.5 Å². The minimum atomic E-state index is -3.72. The van der Waals surface area contributed by atoms with E-state index in [1.165, 1.54) is 25.3 Å². The number of nitrogens with one attached hydrogen (secondary N) is 1. The van der Waals surface area contributed by atoms with E-state index in [9.17, 15) is 8.42 Å². The number of rotatable bonds is 6. The van der Waals surface area contributed by atoms with Gasteiger partial charge in [0.25, 0.3) is 0 Å². The topological polar surface area (TPSA) is 55.4 Å². The van der Waals surface area contributed by atoms with E-state index in [1.54, 1.807) is 0 Å². The molecule has 8 heteroatoms. The van der Waals surface area contributed by atoms with Crippen molar-refractivity contribution >= 4 is 44.8 Å². The normalized spacial score (nSPS) is 13.6. The van der Waals surface area contributed by atoms with Crippen LogP contribution < -0.4 is 4.72 Å². The van der Waals surface area contributed by atoms with E-state index in [0.29, 0.717) is 0 Å². The van der Waals surface area contributed by atoms with Crippen molar-refractivity contribution in [1.82, 2.24) is 4.72 Å². The average Bonchev–Trinajstić information content (AvgIpc) is 2.27. The van der Waals surface area contributed by atoms with Crippen molar-refractivity contribution in [1.29, 1.82) is 0 Å². The van der Waals surface area contributed by atoms with Gasteiger partial charge < -0.3 is 4.74 Å². The van der Waals surface area contributed by atoms with Crippen LogP contribution in [-0.2, 0) is 14.8 Å². The summed E-state index contributed by atoms with van der Waals surface area (Å²) in [4.78, 5) is -0.00813. The van der Waals surface area contributed by atoms with E-state index in [2.05, 4.69) is 4.72 Å². The molecule has 0 saturated carbocycles. The Morgan fingerprint density at radius 2 is 1.83 bits per heavy atom. The van der Waals surface area contributed by atoms with Gasteiger partial charge in [0, 0.05) is 23.0 Å². The third kappa shape index (κ3) is 4.57. The fourth-order valence-electron chi connectivity index (χ4n) is 1.28. The van der Waals surface area contributed by atoms with E-state index in [1.807, 2.05) is 0 Å². The molecule has 102 valence electrons. The number of alkyl halides is 1. The molecule has 0 aliphatic carbocycles. The lowest BCUT2D eigenvalue weighted by atomic mass is 10.4. The Hall–Kier alpha value is -0.0400. The molecule has 0 heterocycles. The van der Waals surface area contributed by atoms with Crippen molar-refractivity contribution < 1.29 is 13.2 Å². The monoisotopic (exact) mass is 331 g/mol. The summed E-state index contributed by atoms with van der Waals surface area (Å²) in [5.74, 6) is 0.0986. The highest BCUT2D eigenvalue weighted by Crippen LogP contribution is 2.22. The number of sulfonamides is 1. The quantitative estimate of drug-likeness (QED) is 0.814. The third-order valence-electron chi connectivity index (χ3n) is 2.02. The minimum Gasteiger partial charge on any atom is -0.383 e. The molecule has 1 N–H and O–H groups in total. The summed E-state index contributed by atoms with van der Waals surface area (Å²) < 4.78 is 31.3. The molecular weight excluding hydrogens is 321 g/mol. The zero-order valence-electron chi connectivity index (χ0n) is 9.49. The highest BCUT2D eigenvalue weighted by atomic mass is 35.5. The van der Waals surface area contributed by atoms with Crippen LogP contribution in [0.2, 0.25) is 10.0 Å². The van der Waals surface area contributed by atoms with Crippen LogP contribution in [0.25, 0.3) is 0 Å². The van der Waals surface area contributed by atoms with Gasteiger partial charge in [-0.3, -0.25) is 0 Å². The SMILES string of the molecule is COCC(CCl)NS(=O)(=O)c1cc(Cl)cc(Cl)c1. The van der Waals surface area contributed by atoms with Gasteiger partial charge in [-0.05, 0) is 18.2 Å². The summed E-state index contributed by atoms with van der Waals surface area (Å²) >= 11 is 17.2. The number of benzene rings is 1. The van der Waals surface area contributed by atoms with Crippen molar-refractivity contribution in [2.75, 3.05) is 19.6 Å². The first-order chi connectivity index (χ1) is 8.39. The standard InChI is InChI=1S/C10H12Cl3NO3S/c1-17-6-9(5-11)14-18(15,16)10-3-7(12)2-8(13)4-10/h2-4,9,14H,5-6H2,1H3. The molecule has 0 aromatic heterocycles. The second kappa shape index (κ2) is 6.93. The summed E-state index contributed by atoms with van der Waals surface area (Å²) in [5.41, 5.74) is 0. The van der Waals surface area contributed by atoms with Gasteiger partial charge in [0.15, 0.2) is 0 Å². The molecule has 0 spiro atoms. The molecule has 0 fully saturated rings. The molecule has 1 aromatic rings. The van der Waals surface area contributed by atoms with Gasteiger partial charge in [-0.15, -0.1) is 11.6 Å². The Morgan fingerprint density at radius 3 is 2.28 bits per heavy atom. The fourth-order valence-corrected chi connectivity index (χ4v) is 3.49. The number of ether oxygens (including phenoxy) is 1. The first-order valence-electron chi connectivity index (χ1n) is 4.92. The summed E-state index contributed by atoms with van der Waals surface area (Å²) in [5, 5.41) is 0.495. The molecule has 1 aromatic carbocycles. The van der Waals surface area contributed by atoms with Crippen molar-refractivity contribution in [3.63, 3.8) is 0 Å². The van der Waals surface area contributed by atoms with Gasteiger partial charge in [-0.25, -0.2) is 13.1 Å². The third-order valence-corrected chi connectivity index (χ3v) is 4.33. The van der Waals surface area contributed by atoms with Crippen molar-refractivity contribution in [2.24, 2.45) is 0 Å². The zero-order chi connectivity index (χ0) is 13.8. The highest BCUT2D eigenvalue weighted by molar-refractivity contribution is 7.89. The van der Waals surface area contributed by atoms with Crippen LogP contribution in [0.1, 0.15) is 0 Å². The Balaban J connectivity index is 2.98. The molecule has 4 nitrogen and oxygen atoms in total. The van der Waals surface area contributed by atoms with E-state index in [-0.39, 0.29) is 27.4 Å². The molecule has 0 aliphatic rings. The second-order valence-corrected chi connectivity index (χ2v) is 6.43. The van der Waals surface area contributed by atoms with Crippen LogP contribution in [0.15, 0.2) is 23.1 Å². The Labute approximate surface area is 121 Å². The lowest BCUT2D eigenvalue weighted by molar-refractivity contribution is 0.181. The van der Waals surface area contributed by atoms with Crippen LogP contribution in [0.5, 0.6) is 0 Å². The molecule has 1 atom stereocenters. The Kier molecular flexibility index (Phi) is 6.17. The molecular formula is C10H12Cl3NO3S. The highest BCUT2D eigenvalue weighted by Gasteiger charge is 2.20. The molecule has 0 bridgehead atoms. The van der Waals surface area contributed by atoms with Crippen molar-refractivity contribution in [3.8, 4) is 0 Å². The van der Waals surface area contributed by atoms with Crippen LogP contribution in [-0.4, -0.2) is 34.1 Å². The Morgan fingerprint density at radius 1 is 1.28 bits per heavy atom. The van der Waals surface area contributed by atoms with Gasteiger partial charge in [-0.1, -0.05) is 23.2 Å². The van der Waals surface area contributed by atoms with Crippen molar-refractivity contribution in [2.45, 2.75) is 10.9 Å². The van der Waals surface area contributed by atoms with Gasteiger partial charge in [-0.2, -0.15) is 0 Å². The minimum absolute atomic E-state index is 0.00813. The van der Waals surface area contributed by atoms with E-state index >= 15 is 0 Å². The smallest absolute Gasteiger partial charge is 0.241 e. The fraction of sp³-hybridized carbons (Fsp3) is 0.400. The molecule has 0 aliphatic heterocycles. The lowest BCUT2D eigenvalue weighted by Crippen LogP contribution is -2.39.